The predicted molar refractivity (Wildman–Crippen MR) is 144 cm³/mol. The summed E-state index contributed by atoms with van der Waals surface area (Å²) in [4.78, 5) is 23.7. The molecule has 1 amide bonds. The van der Waals surface area contributed by atoms with Crippen molar-refractivity contribution in [2.75, 3.05) is 27.2 Å². The summed E-state index contributed by atoms with van der Waals surface area (Å²) in [5.41, 5.74) is 5.90. The molecule has 3 aromatic heterocycles. The van der Waals surface area contributed by atoms with Gasteiger partial charge in [0, 0.05) is 29.3 Å². The van der Waals surface area contributed by atoms with Gasteiger partial charge in [-0.1, -0.05) is 36.9 Å². The van der Waals surface area contributed by atoms with Gasteiger partial charge >= 0.3 is 0 Å². The number of pyridine rings is 2. The van der Waals surface area contributed by atoms with Crippen molar-refractivity contribution >= 4 is 28.0 Å². The fourth-order valence-electron chi connectivity index (χ4n) is 4.01. The highest BCUT2D eigenvalue weighted by Gasteiger charge is 2.11. The Bertz CT molecular complexity index is 1470. The molecule has 2 aromatic carbocycles. The first kappa shape index (κ1) is 24.9. The van der Waals surface area contributed by atoms with E-state index in [1.54, 1.807) is 6.20 Å². The summed E-state index contributed by atoms with van der Waals surface area (Å²) in [5, 5.41) is 12.7. The molecule has 36 heavy (non-hydrogen) atoms. The van der Waals surface area contributed by atoms with Crippen LogP contribution in [0.5, 0.6) is 0 Å². The van der Waals surface area contributed by atoms with E-state index >= 15 is 0 Å². The van der Waals surface area contributed by atoms with Crippen molar-refractivity contribution in [2.24, 2.45) is 0 Å². The topological polar surface area (TPSA) is 88.8 Å². The molecule has 0 spiro atoms. The Hall–Kier alpha value is -4.17. The summed E-state index contributed by atoms with van der Waals surface area (Å²) in [5.74, 6) is -0.0634. The standard InChI is InChI=1S/C27H27N7O.CH4/c1-33(2)16-4-15-29-27(35)21-9-7-20(8-10-21)24-12-13-25-26(30-24)34(32-31-25)18-19-6-11-23-22(17-19)5-3-14-28-23;/h3,5-14,17H,4,15-16,18H2,1-2H3,(H,29,35);1H4. The maximum atomic E-state index is 12.4. The zero-order chi connectivity index (χ0) is 24.2. The molecule has 0 aliphatic carbocycles. The number of nitrogens with one attached hydrogen (secondary N) is 1. The number of carbonyl (C=O) groups excluding carboxylic acids is 1. The highest BCUT2D eigenvalue weighted by Crippen LogP contribution is 2.22. The number of aromatic nitrogens is 5. The molecule has 0 fully saturated rings. The van der Waals surface area contributed by atoms with Gasteiger partial charge in [0.05, 0.1) is 17.8 Å². The van der Waals surface area contributed by atoms with Crippen LogP contribution in [0, 0.1) is 0 Å². The van der Waals surface area contributed by atoms with Crippen LogP contribution in [-0.4, -0.2) is 63.0 Å². The van der Waals surface area contributed by atoms with Crippen LogP contribution in [0.25, 0.3) is 33.3 Å². The summed E-state index contributed by atoms with van der Waals surface area (Å²) in [6, 6.07) is 21.5. The van der Waals surface area contributed by atoms with Gasteiger partial charge in [0.1, 0.15) is 5.52 Å². The van der Waals surface area contributed by atoms with E-state index in [0.717, 1.165) is 51.9 Å². The van der Waals surface area contributed by atoms with Crippen molar-refractivity contribution in [3.8, 4) is 11.3 Å². The Labute approximate surface area is 211 Å². The first-order valence-corrected chi connectivity index (χ1v) is 11.6. The van der Waals surface area contributed by atoms with Crippen molar-refractivity contribution in [1.82, 2.24) is 35.2 Å². The number of fused-ring (bicyclic) bond motifs is 2. The number of nitrogens with zero attached hydrogens (tertiary/aromatic N) is 6. The largest absolute Gasteiger partial charge is 0.352 e. The number of amides is 1. The fraction of sp³-hybridized carbons (Fsp3) is 0.250. The second-order valence-corrected chi connectivity index (χ2v) is 8.81. The van der Waals surface area contributed by atoms with Crippen LogP contribution < -0.4 is 5.32 Å². The van der Waals surface area contributed by atoms with E-state index in [9.17, 15) is 4.79 Å². The third-order valence-electron chi connectivity index (χ3n) is 5.87. The smallest absolute Gasteiger partial charge is 0.251 e. The zero-order valence-electron chi connectivity index (χ0n) is 19.8. The zero-order valence-corrected chi connectivity index (χ0v) is 19.8. The summed E-state index contributed by atoms with van der Waals surface area (Å²) in [7, 11) is 4.05. The lowest BCUT2D eigenvalue weighted by molar-refractivity contribution is 0.0952. The average Bonchev–Trinajstić information content (AvgIpc) is 3.28. The Kier molecular flexibility index (Phi) is 7.65. The highest BCUT2D eigenvalue weighted by molar-refractivity contribution is 5.94. The van der Waals surface area contributed by atoms with E-state index in [0.29, 0.717) is 18.7 Å². The Morgan fingerprint density at radius 1 is 1.00 bits per heavy atom. The molecule has 8 heteroatoms. The average molecular weight is 482 g/mol. The first-order valence-electron chi connectivity index (χ1n) is 11.6. The van der Waals surface area contributed by atoms with Crippen molar-refractivity contribution in [3.63, 3.8) is 0 Å². The Balaban J connectivity index is 0.00000304. The molecule has 0 aliphatic heterocycles. The molecule has 5 rings (SSSR count). The second kappa shape index (κ2) is 11.0. The lowest BCUT2D eigenvalue weighted by atomic mass is 10.1. The number of hydrogen-bond acceptors (Lipinski definition) is 6. The monoisotopic (exact) mass is 481 g/mol. The van der Waals surface area contributed by atoms with Crippen LogP contribution in [0.2, 0.25) is 0 Å². The SMILES string of the molecule is C.CN(C)CCCNC(=O)c1ccc(-c2ccc3nnn(Cc4ccc5ncccc5c4)c3n2)cc1. The van der Waals surface area contributed by atoms with Gasteiger partial charge in [0.2, 0.25) is 0 Å². The number of carbonyl (C=O) groups is 1. The molecule has 0 aliphatic rings. The number of benzene rings is 2. The van der Waals surface area contributed by atoms with E-state index < -0.39 is 0 Å². The fourth-order valence-corrected chi connectivity index (χ4v) is 4.01. The van der Waals surface area contributed by atoms with Crippen molar-refractivity contribution in [2.45, 2.75) is 20.4 Å². The maximum absolute atomic E-state index is 12.4. The molecule has 8 nitrogen and oxygen atoms in total. The minimum atomic E-state index is -0.0634. The van der Waals surface area contributed by atoms with Crippen molar-refractivity contribution in [1.29, 1.82) is 0 Å². The quantitative estimate of drug-likeness (QED) is 0.330. The minimum absolute atomic E-state index is 0. The molecular formula is C28H31N7O. The summed E-state index contributed by atoms with van der Waals surface area (Å²) < 4.78 is 1.81. The van der Waals surface area contributed by atoms with E-state index in [4.69, 9.17) is 4.98 Å². The van der Waals surface area contributed by atoms with Crippen LogP contribution in [0.3, 0.4) is 0 Å². The van der Waals surface area contributed by atoms with Gasteiger partial charge in [0.15, 0.2) is 5.65 Å². The minimum Gasteiger partial charge on any atom is -0.352 e. The molecule has 0 bridgehead atoms. The summed E-state index contributed by atoms with van der Waals surface area (Å²) in [6.45, 7) is 2.16. The van der Waals surface area contributed by atoms with Crippen LogP contribution in [-0.2, 0) is 6.54 Å². The maximum Gasteiger partial charge on any atom is 0.251 e. The second-order valence-electron chi connectivity index (χ2n) is 8.81. The van der Waals surface area contributed by atoms with Gasteiger partial charge in [-0.2, -0.15) is 0 Å². The van der Waals surface area contributed by atoms with E-state index in [1.807, 2.05) is 67.3 Å². The normalized spacial score (nSPS) is 11.1. The lowest BCUT2D eigenvalue weighted by Gasteiger charge is -2.10. The van der Waals surface area contributed by atoms with Gasteiger partial charge in [-0.3, -0.25) is 9.78 Å². The Morgan fingerprint density at radius 3 is 2.61 bits per heavy atom. The molecular weight excluding hydrogens is 450 g/mol. The van der Waals surface area contributed by atoms with Crippen LogP contribution in [0.1, 0.15) is 29.8 Å². The molecule has 184 valence electrons. The van der Waals surface area contributed by atoms with E-state index in [2.05, 4.69) is 43.7 Å². The van der Waals surface area contributed by atoms with Crippen molar-refractivity contribution in [3.05, 3.63) is 84.1 Å². The van der Waals surface area contributed by atoms with Crippen molar-refractivity contribution < 1.29 is 4.79 Å². The highest BCUT2D eigenvalue weighted by atomic mass is 16.1. The Morgan fingerprint density at radius 2 is 1.81 bits per heavy atom. The molecule has 0 saturated heterocycles. The van der Waals surface area contributed by atoms with Gasteiger partial charge in [-0.05, 0) is 75.1 Å². The molecule has 0 saturated carbocycles. The van der Waals surface area contributed by atoms with Gasteiger partial charge in [0.25, 0.3) is 5.91 Å². The molecule has 0 radical (unpaired) electrons. The first-order chi connectivity index (χ1) is 17.1. The third-order valence-corrected chi connectivity index (χ3v) is 5.87. The molecule has 5 aromatic rings. The van der Waals surface area contributed by atoms with Gasteiger partial charge in [-0.15, -0.1) is 5.10 Å². The van der Waals surface area contributed by atoms with Crippen LogP contribution >= 0.6 is 0 Å². The predicted octanol–water partition coefficient (Wildman–Crippen LogP) is 4.41. The summed E-state index contributed by atoms with van der Waals surface area (Å²) in [6.07, 6.45) is 2.71. The van der Waals surface area contributed by atoms with Gasteiger partial charge < -0.3 is 10.2 Å². The van der Waals surface area contributed by atoms with E-state index in [-0.39, 0.29) is 13.3 Å². The number of rotatable bonds is 8. The van der Waals surface area contributed by atoms with E-state index in [1.165, 1.54) is 0 Å². The lowest BCUT2D eigenvalue weighted by Crippen LogP contribution is -2.27. The van der Waals surface area contributed by atoms with Gasteiger partial charge in [-0.25, -0.2) is 9.67 Å². The third kappa shape index (κ3) is 5.55. The molecule has 0 atom stereocenters. The molecule has 1 N–H and O–H groups in total. The van der Waals surface area contributed by atoms with Crippen LogP contribution in [0.4, 0.5) is 0 Å². The summed E-state index contributed by atoms with van der Waals surface area (Å²) >= 11 is 0. The molecule has 3 heterocycles. The van der Waals surface area contributed by atoms with Crippen LogP contribution in [0.15, 0.2) is 72.9 Å². The molecule has 0 unspecified atom stereocenters. The number of hydrogen-bond donors (Lipinski definition) is 1.